The van der Waals surface area contributed by atoms with Gasteiger partial charge in [0.2, 0.25) is 0 Å². The molecule has 0 unspecified atom stereocenters. The number of pyridine rings is 1. The van der Waals surface area contributed by atoms with E-state index in [1.807, 2.05) is 6.07 Å². The minimum Gasteiger partial charge on any atom is -0.329 e. The lowest BCUT2D eigenvalue weighted by atomic mass is 10.1. The lowest BCUT2D eigenvalue weighted by molar-refractivity contribution is 0.710. The topological polar surface area (TPSA) is 28.2 Å². The predicted octanol–water partition coefficient (Wildman–Crippen LogP) is 3.58. The van der Waals surface area contributed by atoms with Gasteiger partial charge in [0.15, 0.2) is 0 Å². The molecule has 2 aromatic rings. The summed E-state index contributed by atoms with van der Waals surface area (Å²) < 4.78 is 0. The van der Waals surface area contributed by atoms with Gasteiger partial charge >= 0.3 is 0 Å². The molecule has 0 fully saturated rings. The Kier molecular flexibility index (Phi) is 4.74. The summed E-state index contributed by atoms with van der Waals surface area (Å²) in [7, 11) is 2.06. The standard InChI is InChI=1S/C17H23N3/c1-5-18-12-15-7-6-8-17(19-15)20(4)16-10-13(2)9-14(3)11-16/h6-11,18H,5,12H2,1-4H3. The van der Waals surface area contributed by atoms with Crippen molar-refractivity contribution in [2.75, 3.05) is 18.5 Å². The third-order valence-electron chi connectivity index (χ3n) is 3.29. The first-order valence-corrected chi connectivity index (χ1v) is 7.09. The average Bonchev–Trinajstić information content (AvgIpc) is 2.43. The normalized spacial score (nSPS) is 10.6. The van der Waals surface area contributed by atoms with Gasteiger partial charge in [0.25, 0.3) is 0 Å². The van der Waals surface area contributed by atoms with E-state index >= 15 is 0 Å². The van der Waals surface area contributed by atoms with Gasteiger partial charge in [-0.25, -0.2) is 4.98 Å². The van der Waals surface area contributed by atoms with E-state index in [2.05, 4.69) is 68.4 Å². The van der Waals surface area contributed by atoms with E-state index in [4.69, 9.17) is 4.98 Å². The van der Waals surface area contributed by atoms with Crippen molar-refractivity contribution in [3.05, 3.63) is 53.2 Å². The van der Waals surface area contributed by atoms with Gasteiger partial charge in [0, 0.05) is 19.3 Å². The quantitative estimate of drug-likeness (QED) is 0.899. The van der Waals surface area contributed by atoms with Crippen LogP contribution in [0.2, 0.25) is 0 Å². The van der Waals surface area contributed by atoms with Crippen molar-refractivity contribution in [1.82, 2.24) is 10.3 Å². The Balaban J connectivity index is 2.25. The molecule has 2 rings (SSSR count). The van der Waals surface area contributed by atoms with Crippen molar-refractivity contribution < 1.29 is 0 Å². The largest absolute Gasteiger partial charge is 0.329 e. The molecule has 0 bridgehead atoms. The molecular formula is C17H23N3. The van der Waals surface area contributed by atoms with E-state index < -0.39 is 0 Å². The van der Waals surface area contributed by atoms with Gasteiger partial charge in [-0.05, 0) is 55.8 Å². The maximum atomic E-state index is 4.71. The van der Waals surface area contributed by atoms with Crippen LogP contribution in [0.5, 0.6) is 0 Å². The first-order chi connectivity index (χ1) is 9.60. The van der Waals surface area contributed by atoms with Crippen LogP contribution in [0.25, 0.3) is 0 Å². The number of nitrogens with one attached hydrogen (secondary N) is 1. The fraction of sp³-hybridized carbons (Fsp3) is 0.353. The average molecular weight is 269 g/mol. The number of hydrogen-bond donors (Lipinski definition) is 1. The van der Waals surface area contributed by atoms with Gasteiger partial charge in [0.1, 0.15) is 5.82 Å². The van der Waals surface area contributed by atoms with E-state index in [-0.39, 0.29) is 0 Å². The molecule has 1 aromatic heterocycles. The van der Waals surface area contributed by atoms with Crippen LogP contribution < -0.4 is 10.2 Å². The molecular weight excluding hydrogens is 246 g/mol. The monoisotopic (exact) mass is 269 g/mol. The van der Waals surface area contributed by atoms with Gasteiger partial charge in [-0.2, -0.15) is 0 Å². The third-order valence-corrected chi connectivity index (χ3v) is 3.29. The van der Waals surface area contributed by atoms with Crippen LogP contribution in [0.15, 0.2) is 36.4 Å². The molecule has 0 aliphatic carbocycles. The highest BCUT2D eigenvalue weighted by atomic mass is 15.2. The molecule has 3 heteroatoms. The zero-order chi connectivity index (χ0) is 14.5. The Hall–Kier alpha value is -1.87. The highest BCUT2D eigenvalue weighted by Crippen LogP contribution is 2.24. The van der Waals surface area contributed by atoms with Crippen LogP contribution in [0.3, 0.4) is 0 Å². The summed E-state index contributed by atoms with van der Waals surface area (Å²) in [5.74, 6) is 0.977. The van der Waals surface area contributed by atoms with Crippen molar-refractivity contribution in [3.8, 4) is 0 Å². The van der Waals surface area contributed by atoms with E-state index in [9.17, 15) is 0 Å². The molecule has 1 heterocycles. The van der Waals surface area contributed by atoms with Crippen LogP contribution in [0.4, 0.5) is 11.5 Å². The maximum Gasteiger partial charge on any atom is 0.133 e. The molecule has 0 aliphatic heterocycles. The third kappa shape index (κ3) is 3.58. The second kappa shape index (κ2) is 6.53. The number of aromatic nitrogens is 1. The van der Waals surface area contributed by atoms with E-state index in [1.165, 1.54) is 16.8 Å². The van der Waals surface area contributed by atoms with Crippen LogP contribution in [0.1, 0.15) is 23.7 Å². The number of anilines is 2. The maximum absolute atomic E-state index is 4.71. The van der Waals surface area contributed by atoms with Gasteiger partial charge in [-0.15, -0.1) is 0 Å². The second-order valence-corrected chi connectivity index (χ2v) is 5.17. The first kappa shape index (κ1) is 14.5. The molecule has 20 heavy (non-hydrogen) atoms. The molecule has 0 atom stereocenters. The van der Waals surface area contributed by atoms with Crippen LogP contribution in [-0.2, 0) is 6.54 Å². The van der Waals surface area contributed by atoms with Gasteiger partial charge < -0.3 is 10.2 Å². The van der Waals surface area contributed by atoms with Gasteiger partial charge in [0.05, 0.1) is 5.69 Å². The fourth-order valence-electron chi connectivity index (χ4n) is 2.28. The summed E-state index contributed by atoms with van der Waals surface area (Å²) in [6.07, 6.45) is 0. The summed E-state index contributed by atoms with van der Waals surface area (Å²) >= 11 is 0. The molecule has 1 N–H and O–H groups in total. The van der Waals surface area contributed by atoms with E-state index in [0.717, 1.165) is 24.6 Å². The fourth-order valence-corrected chi connectivity index (χ4v) is 2.28. The number of nitrogens with zero attached hydrogens (tertiary/aromatic N) is 2. The van der Waals surface area contributed by atoms with Crippen LogP contribution in [-0.4, -0.2) is 18.6 Å². The SMILES string of the molecule is CCNCc1cccc(N(C)c2cc(C)cc(C)c2)n1. The number of rotatable bonds is 5. The van der Waals surface area contributed by atoms with E-state index in [0.29, 0.717) is 0 Å². The summed E-state index contributed by atoms with van der Waals surface area (Å²) in [6.45, 7) is 8.12. The molecule has 0 spiro atoms. The Bertz CT molecular complexity index is 558. The molecule has 0 amide bonds. The molecule has 1 aromatic carbocycles. The summed E-state index contributed by atoms with van der Waals surface area (Å²) in [5.41, 5.74) is 4.79. The molecule has 0 radical (unpaired) electrons. The van der Waals surface area contributed by atoms with Gasteiger partial charge in [-0.3, -0.25) is 0 Å². The second-order valence-electron chi connectivity index (χ2n) is 5.17. The molecule has 0 aliphatic rings. The highest BCUT2D eigenvalue weighted by molar-refractivity contribution is 5.61. The smallest absolute Gasteiger partial charge is 0.133 e. The Morgan fingerprint density at radius 2 is 1.80 bits per heavy atom. The Labute approximate surface area is 121 Å². The first-order valence-electron chi connectivity index (χ1n) is 7.09. The lowest BCUT2D eigenvalue weighted by Crippen LogP contribution is -2.16. The van der Waals surface area contributed by atoms with Crippen LogP contribution in [0, 0.1) is 13.8 Å². The number of aryl methyl sites for hydroxylation is 2. The van der Waals surface area contributed by atoms with Crippen LogP contribution >= 0.6 is 0 Å². The molecule has 106 valence electrons. The van der Waals surface area contributed by atoms with Crippen molar-refractivity contribution in [1.29, 1.82) is 0 Å². The Morgan fingerprint density at radius 3 is 2.45 bits per heavy atom. The van der Waals surface area contributed by atoms with Gasteiger partial charge in [-0.1, -0.05) is 19.1 Å². The number of benzene rings is 1. The summed E-state index contributed by atoms with van der Waals surface area (Å²) in [5, 5.41) is 3.31. The van der Waals surface area contributed by atoms with Crippen molar-refractivity contribution in [3.63, 3.8) is 0 Å². The lowest BCUT2D eigenvalue weighted by Gasteiger charge is -2.20. The van der Waals surface area contributed by atoms with Crippen molar-refractivity contribution in [2.45, 2.75) is 27.3 Å². The zero-order valence-electron chi connectivity index (χ0n) is 12.8. The molecule has 0 saturated heterocycles. The Morgan fingerprint density at radius 1 is 1.10 bits per heavy atom. The highest BCUT2D eigenvalue weighted by Gasteiger charge is 2.07. The number of hydrogen-bond acceptors (Lipinski definition) is 3. The predicted molar refractivity (Wildman–Crippen MR) is 85.6 cm³/mol. The molecule has 0 saturated carbocycles. The van der Waals surface area contributed by atoms with Crippen molar-refractivity contribution in [2.24, 2.45) is 0 Å². The summed E-state index contributed by atoms with van der Waals surface area (Å²) in [6, 6.07) is 12.7. The molecule has 3 nitrogen and oxygen atoms in total. The summed E-state index contributed by atoms with van der Waals surface area (Å²) in [4.78, 5) is 6.84. The van der Waals surface area contributed by atoms with E-state index in [1.54, 1.807) is 0 Å². The minimum absolute atomic E-state index is 0.811. The minimum atomic E-state index is 0.811. The zero-order valence-corrected chi connectivity index (χ0v) is 12.8. The van der Waals surface area contributed by atoms with Crippen molar-refractivity contribution >= 4 is 11.5 Å².